The first-order valence-electron chi connectivity index (χ1n) is 13.5. The van der Waals surface area contributed by atoms with Crippen molar-refractivity contribution in [3.8, 4) is 22.4 Å². The second kappa shape index (κ2) is 10.5. The molecule has 0 bridgehead atoms. The smallest absolute Gasteiger partial charge is 0.213 e. The summed E-state index contributed by atoms with van der Waals surface area (Å²) in [5.41, 5.74) is 6.95. The van der Waals surface area contributed by atoms with Gasteiger partial charge in [0.15, 0.2) is 6.20 Å². The minimum Gasteiger partial charge on any atom is -0.311 e. The highest BCUT2D eigenvalue weighted by Gasteiger charge is 2.74. The minimum atomic E-state index is 0.206. The summed E-state index contributed by atoms with van der Waals surface area (Å²) in [6.45, 7) is 17.8. The van der Waals surface area contributed by atoms with Gasteiger partial charge in [-0.05, 0) is 66.3 Å². The van der Waals surface area contributed by atoms with Crippen molar-refractivity contribution >= 4 is 0 Å². The van der Waals surface area contributed by atoms with E-state index in [1.54, 1.807) is 0 Å². The second-order valence-corrected chi connectivity index (χ2v) is 10.3. The number of pyridine rings is 1. The Morgan fingerprint density at radius 3 is 2.31 bits per heavy atom. The maximum absolute atomic E-state index is 4.20. The maximum Gasteiger partial charge on any atom is 0.213 e. The van der Waals surface area contributed by atoms with Crippen molar-refractivity contribution in [1.29, 1.82) is 0 Å². The Morgan fingerprint density at radius 2 is 1.69 bits per heavy atom. The van der Waals surface area contributed by atoms with Crippen LogP contribution in [0, 0.1) is 24.2 Å². The van der Waals surface area contributed by atoms with Crippen molar-refractivity contribution in [3.05, 3.63) is 91.1 Å². The quantitative estimate of drug-likeness (QED) is 0.227. The molecule has 4 rings (SSSR count). The number of benzene rings is 2. The van der Waals surface area contributed by atoms with Gasteiger partial charge in [0.05, 0.1) is 0 Å². The van der Waals surface area contributed by atoms with E-state index in [0.29, 0.717) is 11.8 Å². The van der Waals surface area contributed by atoms with Crippen LogP contribution in [0.2, 0.25) is 0 Å². The number of rotatable bonds is 11. The van der Waals surface area contributed by atoms with Gasteiger partial charge >= 0.3 is 0 Å². The average Bonchev–Trinajstić information content (AvgIpc) is 3.48. The molecule has 1 heterocycles. The molecule has 1 aliphatic carbocycles. The normalized spacial score (nSPS) is 24.2. The van der Waals surface area contributed by atoms with Crippen LogP contribution in [0.3, 0.4) is 0 Å². The van der Waals surface area contributed by atoms with Crippen LogP contribution in [0.1, 0.15) is 52.5 Å². The lowest BCUT2D eigenvalue weighted by molar-refractivity contribution is -0.687. The number of allylic oxidation sites excluding steroid dienone is 1. The fourth-order valence-corrected chi connectivity index (χ4v) is 7.24. The van der Waals surface area contributed by atoms with Gasteiger partial charge in [-0.2, -0.15) is 4.57 Å². The first-order chi connectivity index (χ1) is 17.0. The molecule has 184 valence electrons. The lowest BCUT2D eigenvalue weighted by Gasteiger charge is -2.28. The molecule has 1 saturated carbocycles. The molecule has 4 atom stereocenters. The number of aromatic nitrogens is 1. The van der Waals surface area contributed by atoms with Crippen LogP contribution in [0.5, 0.6) is 0 Å². The Balaban J connectivity index is 1.71. The Labute approximate surface area is 213 Å². The van der Waals surface area contributed by atoms with Gasteiger partial charge in [-0.1, -0.05) is 82.3 Å². The van der Waals surface area contributed by atoms with E-state index in [9.17, 15) is 0 Å². The summed E-state index contributed by atoms with van der Waals surface area (Å²) in [6.07, 6.45) is 8.01. The molecular formula is C33H43N2+. The number of hydrogen-bond donors (Lipinski definition) is 1. The highest BCUT2D eigenvalue weighted by molar-refractivity contribution is 5.70. The Bertz CT molecular complexity index is 1150. The van der Waals surface area contributed by atoms with Crippen molar-refractivity contribution in [2.45, 2.75) is 66.0 Å². The van der Waals surface area contributed by atoms with Crippen molar-refractivity contribution in [1.82, 2.24) is 5.32 Å². The van der Waals surface area contributed by atoms with E-state index in [-0.39, 0.29) is 11.0 Å². The molecule has 0 saturated heterocycles. The first kappa shape index (κ1) is 25.4. The molecule has 3 aromatic rings. The predicted molar refractivity (Wildman–Crippen MR) is 149 cm³/mol. The fourth-order valence-electron chi connectivity index (χ4n) is 7.24. The highest BCUT2D eigenvalue weighted by Crippen LogP contribution is 2.71. The van der Waals surface area contributed by atoms with Gasteiger partial charge in [-0.25, -0.2) is 0 Å². The van der Waals surface area contributed by atoms with Gasteiger partial charge in [0, 0.05) is 29.7 Å². The third kappa shape index (κ3) is 4.27. The van der Waals surface area contributed by atoms with Crippen molar-refractivity contribution in [3.63, 3.8) is 0 Å². The van der Waals surface area contributed by atoms with E-state index in [1.165, 1.54) is 47.2 Å². The van der Waals surface area contributed by atoms with Crippen LogP contribution in [-0.4, -0.2) is 12.1 Å². The second-order valence-electron chi connectivity index (χ2n) is 10.3. The van der Waals surface area contributed by atoms with E-state index in [0.717, 1.165) is 13.1 Å². The van der Waals surface area contributed by atoms with Crippen LogP contribution in [0.4, 0.5) is 0 Å². The van der Waals surface area contributed by atoms with E-state index in [1.807, 2.05) is 0 Å². The summed E-state index contributed by atoms with van der Waals surface area (Å²) in [4.78, 5) is 0. The molecule has 0 aliphatic heterocycles. The molecule has 1 aromatic heterocycles. The van der Waals surface area contributed by atoms with Crippen LogP contribution in [0.25, 0.3) is 22.4 Å². The summed E-state index contributed by atoms with van der Waals surface area (Å²) in [5.74, 6) is 1.14. The summed E-state index contributed by atoms with van der Waals surface area (Å²) >= 11 is 0. The monoisotopic (exact) mass is 467 g/mol. The molecular weight excluding hydrogens is 424 g/mol. The largest absolute Gasteiger partial charge is 0.311 e. The highest BCUT2D eigenvalue weighted by atomic mass is 15.1. The van der Waals surface area contributed by atoms with E-state index in [4.69, 9.17) is 0 Å². The molecule has 0 spiro atoms. The standard InChI is InChI=1S/C33H43N2/c1-7-26(6)32(8-2)31(33(32,9-3)34-10-4)21-23-35-22-20-28(27-17-12-11-13-18-27)24-30(35)29-19-15-14-16-25(29)5/h7,11-20,22,24,26,31,34H,1,8-10,21,23H2,2-6H3/q+1. The van der Waals surface area contributed by atoms with Crippen molar-refractivity contribution < 1.29 is 4.57 Å². The Hall–Kier alpha value is -2.71. The predicted octanol–water partition coefficient (Wildman–Crippen LogP) is 7.61. The fraction of sp³-hybridized carbons (Fsp3) is 0.424. The van der Waals surface area contributed by atoms with E-state index in [2.05, 4.69) is 130 Å². The van der Waals surface area contributed by atoms with E-state index >= 15 is 0 Å². The molecule has 2 heteroatoms. The van der Waals surface area contributed by atoms with Crippen LogP contribution < -0.4 is 9.88 Å². The van der Waals surface area contributed by atoms with Gasteiger partial charge in [0.25, 0.3) is 0 Å². The van der Waals surface area contributed by atoms with Crippen LogP contribution >= 0.6 is 0 Å². The zero-order valence-electron chi connectivity index (χ0n) is 22.4. The van der Waals surface area contributed by atoms with Gasteiger partial charge in [0.2, 0.25) is 5.69 Å². The summed E-state index contributed by atoms with van der Waals surface area (Å²) in [6, 6.07) is 24.1. The zero-order chi connectivity index (χ0) is 25.1. The molecule has 4 unspecified atom stereocenters. The number of nitrogens with zero attached hydrogens (tertiary/aromatic N) is 1. The lowest BCUT2D eigenvalue weighted by Crippen LogP contribution is -2.40. The topological polar surface area (TPSA) is 15.9 Å². The molecule has 1 aliphatic rings. The van der Waals surface area contributed by atoms with Crippen molar-refractivity contribution in [2.75, 3.05) is 6.54 Å². The summed E-state index contributed by atoms with van der Waals surface area (Å²) in [5, 5.41) is 3.96. The molecule has 1 fully saturated rings. The average molecular weight is 468 g/mol. The van der Waals surface area contributed by atoms with Gasteiger partial charge in [0.1, 0.15) is 6.54 Å². The summed E-state index contributed by atoms with van der Waals surface area (Å²) < 4.78 is 2.48. The Kier molecular flexibility index (Phi) is 7.62. The molecule has 1 N–H and O–H groups in total. The van der Waals surface area contributed by atoms with Crippen molar-refractivity contribution in [2.24, 2.45) is 17.3 Å². The van der Waals surface area contributed by atoms with Crippen LogP contribution in [0.15, 0.2) is 85.6 Å². The third-order valence-electron chi connectivity index (χ3n) is 8.99. The third-order valence-corrected chi connectivity index (χ3v) is 8.99. The number of hydrogen-bond acceptors (Lipinski definition) is 1. The van der Waals surface area contributed by atoms with Gasteiger partial charge in [-0.3, -0.25) is 0 Å². The molecule has 35 heavy (non-hydrogen) atoms. The molecule has 2 aromatic carbocycles. The summed E-state index contributed by atoms with van der Waals surface area (Å²) in [7, 11) is 0. The maximum atomic E-state index is 4.20. The van der Waals surface area contributed by atoms with Gasteiger partial charge < -0.3 is 5.32 Å². The number of nitrogens with one attached hydrogen (secondary N) is 1. The molecule has 0 amide bonds. The number of aryl methyl sites for hydroxylation is 2. The zero-order valence-corrected chi connectivity index (χ0v) is 22.4. The first-order valence-corrected chi connectivity index (χ1v) is 13.5. The Morgan fingerprint density at radius 1 is 0.971 bits per heavy atom. The minimum absolute atomic E-state index is 0.206. The lowest BCUT2D eigenvalue weighted by atomic mass is 9.81. The van der Waals surface area contributed by atoms with Crippen LogP contribution in [-0.2, 0) is 6.54 Å². The van der Waals surface area contributed by atoms with E-state index < -0.39 is 0 Å². The SMILES string of the molecule is C=CC(C)C1(CC)C(CC[n+]2ccc(-c3ccccc3)cc2-c2ccccc2C)C1(CC)NCC. The molecule has 0 radical (unpaired) electrons. The van der Waals surface area contributed by atoms with Gasteiger partial charge in [-0.15, -0.1) is 6.58 Å². The molecule has 2 nitrogen and oxygen atoms in total.